The van der Waals surface area contributed by atoms with Gasteiger partial charge in [0, 0.05) is 17.7 Å². The van der Waals surface area contributed by atoms with Crippen molar-refractivity contribution in [3.63, 3.8) is 0 Å². The van der Waals surface area contributed by atoms with Crippen molar-refractivity contribution in [3.05, 3.63) is 87.5 Å². The minimum atomic E-state index is -0.453. The maximum absolute atomic E-state index is 12.4. The van der Waals surface area contributed by atoms with E-state index in [0.29, 0.717) is 40.7 Å². The second-order valence-electron chi connectivity index (χ2n) is 7.12. The van der Waals surface area contributed by atoms with Crippen molar-refractivity contribution in [2.24, 2.45) is 5.10 Å². The van der Waals surface area contributed by atoms with Crippen LogP contribution in [0.3, 0.4) is 0 Å². The van der Waals surface area contributed by atoms with Gasteiger partial charge in [0.1, 0.15) is 6.61 Å². The highest BCUT2D eigenvalue weighted by Gasteiger charge is 2.11. The summed E-state index contributed by atoms with van der Waals surface area (Å²) < 4.78 is 21.9. The van der Waals surface area contributed by atoms with Crippen LogP contribution >= 0.6 is 0 Å². The fraction of sp³-hybridized carbons (Fsp3) is 0.200. The van der Waals surface area contributed by atoms with Gasteiger partial charge in [-0.15, -0.1) is 0 Å². The molecule has 0 bridgehead atoms. The minimum Gasteiger partial charge on any atom is -0.493 e. The van der Waals surface area contributed by atoms with Gasteiger partial charge in [-0.25, -0.2) is 5.43 Å². The van der Waals surface area contributed by atoms with Crippen LogP contribution in [-0.2, 0) is 6.61 Å². The van der Waals surface area contributed by atoms with Gasteiger partial charge in [-0.05, 0) is 66.6 Å². The van der Waals surface area contributed by atoms with Gasteiger partial charge < -0.3 is 18.9 Å². The Labute approximate surface area is 202 Å². The third kappa shape index (κ3) is 6.70. The third-order valence-electron chi connectivity index (χ3n) is 4.83. The average molecular weight is 479 g/mol. The number of carbonyl (C=O) groups excluding carboxylic acids is 1. The number of rotatable bonds is 11. The number of carbonyl (C=O) groups is 1. The summed E-state index contributed by atoms with van der Waals surface area (Å²) in [6, 6.07) is 16.2. The molecule has 0 atom stereocenters. The molecule has 35 heavy (non-hydrogen) atoms. The molecule has 1 amide bonds. The van der Waals surface area contributed by atoms with Crippen molar-refractivity contribution in [1.29, 1.82) is 0 Å². The highest BCUT2D eigenvalue weighted by atomic mass is 16.6. The smallest absolute Gasteiger partial charge is 0.271 e. The molecule has 3 aromatic rings. The number of nitrogens with one attached hydrogen (secondary N) is 1. The van der Waals surface area contributed by atoms with Crippen molar-refractivity contribution >= 4 is 17.8 Å². The molecule has 1 N–H and O–H groups in total. The summed E-state index contributed by atoms with van der Waals surface area (Å²) in [4.78, 5) is 22.8. The van der Waals surface area contributed by atoms with Gasteiger partial charge in [-0.2, -0.15) is 5.10 Å². The van der Waals surface area contributed by atoms with Crippen LogP contribution in [0.2, 0.25) is 0 Å². The van der Waals surface area contributed by atoms with E-state index >= 15 is 0 Å². The van der Waals surface area contributed by atoms with Gasteiger partial charge in [0.15, 0.2) is 23.0 Å². The third-order valence-corrected chi connectivity index (χ3v) is 4.83. The molecule has 0 aliphatic heterocycles. The molecule has 182 valence electrons. The lowest BCUT2D eigenvalue weighted by atomic mass is 10.2. The van der Waals surface area contributed by atoms with E-state index in [4.69, 9.17) is 18.9 Å². The number of nitrogens with zero attached hydrogens (tertiary/aromatic N) is 2. The molecule has 0 spiro atoms. The van der Waals surface area contributed by atoms with Crippen molar-refractivity contribution in [2.45, 2.75) is 13.5 Å². The number of hydrogen-bond donors (Lipinski definition) is 1. The van der Waals surface area contributed by atoms with Crippen molar-refractivity contribution in [2.75, 3.05) is 20.8 Å². The molecular weight excluding hydrogens is 454 g/mol. The molecule has 0 saturated carbocycles. The van der Waals surface area contributed by atoms with E-state index in [0.717, 1.165) is 5.56 Å². The molecular formula is C25H25N3O7. The number of non-ortho nitro benzene ring substituents is 1. The second-order valence-corrected chi connectivity index (χ2v) is 7.12. The van der Waals surface area contributed by atoms with E-state index in [2.05, 4.69) is 10.5 Å². The largest absolute Gasteiger partial charge is 0.493 e. The first kappa shape index (κ1) is 25.0. The number of methoxy groups -OCH3 is 2. The normalized spacial score (nSPS) is 10.6. The zero-order valence-electron chi connectivity index (χ0n) is 19.5. The molecule has 10 nitrogen and oxygen atoms in total. The monoisotopic (exact) mass is 479 g/mol. The lowest BCUT2D eigenvalue weighted by molar-refractivity contribution is -0.384. The number of nitro groups is 1. The lowest BCUT2D eigenvalue weighted by Gasteiger charge is -2.11. The highest BCUT2D eigenvalue weighted by Crippen LogP contribution is 2.29. The SMILES string of the molecule is CCOc1cc(C(=O)N/N=C/c2ccc(OCc3ccc([N+](=O)[O-])cc3)c(OC)c2)ccc1OC. The first-order valence-corrected chi connectivity index (χ1v) is 10.6. The molecule has 3 rings (SSSR count). The second kappa shape index (κ2) is 12.0. The fourth-order valence-corrected chi connectivity index (χ4v) is 3.07. The van der Waals surface area contributed by atoms with E-state index in [1.807, 2.05) is 6.92 Å². The molecule has 0 aromatic heterocycles. The zero-order chi connectivity index (χ0) is 25.2. The van der Waals surface area contributed by atoms with Gasteiger partial charge in [-0.1, -0.05) is 0 Å². The minimum absolute atomic E-state index is 0.0174. The Bertz CT molecular complexity index is 1210. The molecule has 0 fully saturated rings. The van der Waals surface area contributed by atoms with Gasteiger partial charge in [0.25, 0.3) is 11.6 Å². The Kier molecular flexibility index (Phi) is 8.60. The molecule has 0 unspecified atom stereocenters. The average Bonchev–Trinajstić information content (AvgIpc) is 2.88. The van der Waals surface area contributed by atoms with Gasteiger partial charge in [-0.3, -0.25) is 14.9 Å². The maximum atomic E-state index is 12.4. The van der Waals surface area contributed by atoms with Gasteiger partial charge in [0.2, 0.25) is 0 Å². The van der Waals surface area contributed by atoms with Crippen LogP contribution < -0.4 is 24.4 Å². The van der Waals surface area contributed by atoms with Crippen molar-refractivity contribution in [3.8, 4) is 23.0 Å². The van der Waals surface area contributed by atoms with E-state index < -0.39 is 10.8 Å². The summed E-state index contributed by atoms with van der Waals surface area (Å²) in [5.41, 5.74) is 4.32. The van der Waals surface area contributed by atoms with E-state index in [-0.39, 0.29) is 12.3 Å². The Morgan fingerprint density at radius 2 is 1.66 bits per heavy atom. The van der Waals surface area contributed by atoms with E-state index in [9.17, 15) is 14.9 Å². The van der Waals surface area contributed by atoms with Crippen LogP contribution in [0.1, 0.15) is 28.4 Å². The summed E-state index contributed by atoms with van der Waals surface area (Å²) in [5.74, 6) is 1.57. The molecule has 0 aliphatic carbocycles. The Morgan fingerprint density at radius 1 is 0.943 bits per heavy atom. The summed E-state index contributed by atoms with van der Waals surface area (Å²) in [5, 5.41) is 14.8. The lowest BCUT2D eigenvalue weighted by Crippen LogP contribution is -2.17. The predicted molar refractivity (Wildman–Crippen MR) is 130 cm³/mol. The predicted octanol–water partition coefficient (Wildman–Crippen LogP) is 4.35. The van der Waals surface area contributed by atoms with Crippen LogP contribution in [0.25, 0.3) is 0 Å². The zero-order valence-corrected chi connectivity index (χ0v) is 19.5. The molecule has 0 heterocycles. The first-order chi connectivity index (χ1) is 16.9. The Hall–Kier alpha value is -4.60. The van der Waals surface area contributed by atoms with Crippen LogP contribution in [-0.4, -0.2) is 37.9 Å². The number of nitro benzene ring substituents is 1. The number of benzene rings is 3. The van der Waals surface area contributed by atoms with E-state index in [1.54, 1.807) is 48.5 Å². The topological polar surface area (TPSA) is 122 Å². The summed E-state index contributed by atoms with van der Waals surface area (Å²) in [6.07, 6.45) is 1.48. The molecule has 10 heteroatoms. The van der Waals surface area contributed by atoms with Crippen LogP contribution in [0.5, 0.6) is 23.0 Å². The summed E-state index contributed by atoms with van der Waals surface area (Å²) in [7, 11) is 3.04. The van der Waals surface area contributed by atoms with E-state index in [1.165, 1.54) is 32.6 Å². The van der Waals surface area contributed by atoms with Gasteiger partial charge >= 0.3 is 0 Å². The summed E-state index contributed by atoms with van der Waals surface area (Å²) >= 11 is 0. The van der Waals surface area contributed by atoms with Crippen LogP contribution in [0.15, 0.2) is 65.8 Å². The molecule has 3 aromatic carbocycles. The number of hydrazone groups is 1. The van der Waals surface area contributed by atoms with Crippen LogP contribution in [0.4, 0.5) is 5.69 Å². The maximum Gasteiger partial charge on any atom is 0.271 e. The molecule has 0 radical (unpaired) electrons. The quantitative estimate of drug-likeness (QED) is 0.246. The van der Waals surface area contributed by atoms with Crippen molar-refractivity contribution in [1.82, 2.24) is 5.43 Å². The fourth-order valence-electron chi connectivity index (χ4n) is 3.07. The van der Waals surface area contributed by atoms with Gasteiger partial charge in [0.05, 0.1) is 32.0 Å². The Morgan fingerprint density at radius 3 is 2.31 bits per heavy atom. The Balaban J connectivity index is 1.62. The van der Waals surface area contributed by atoms with Crippen LogP contribution in [0, 0.1) is 10.1 Å². The summed E-state index contributed by atoms with van der Waals surface area (Å²) in [6.45, 7) is 2.50. The number of hydrogen-bond acceptors (Lipinski definition) is 8. The van der Waals surface area contributed by atoms with Crippen molar-refractivity contribution < 1.29 is 28.7 Å². The first-order valence-electron chi connectivity index (χ1n) is 10.6. The molecule has 0 saturated heterocycles. The standard InChI is InChI=1S/C25H25N3O7/c1-4-34-24-14-19(8-12-21(24)32-2)25(29)27-26-15-18-7-11-22(23(13-18)33-3)35-16-17-5-9-20(10-6-17)28(30)31/h5-15H,4,16H2,1-3H3,(H,27,29)/b26-15+. The number of ether oxygens (including phenoxy) is 4. The molecule has 0 aliphatic rings. The highest BCUT2D eigenvalue weighted by molar-refractivity contribution is 5.95. The number of amides is 1.